The standard InChI is InChI=1S/C17H9Cl2F2N3O2S/c18-11-2-4-13(19)16(7-11)27(25,26)24-15-6-5-14(20)12(17(15)21)3-1-10-8-22-23-9-10/h2,4-9,24H,(H,22,23). The quantitative estimate of drug-likeness (QED) is 0.615. The van der Waals surface area contributed by atoms with Crippen LogP contribution in [0.1, 0.15) is 11.1 Å². The fourth-order valence-corrected chi connectivity index (χ4v) is 3.91. The lowest BCUT2D eigenvalue weighted by Crippen LogP contribution is -2.15. The molecular formula is C17H9Cl2F2N3O2S. The summed E-state index contributed by atoms with van der Waals surface area (Å²) >= 11 is 11.7. The predicted octanol–water partition coefficient (Wildman–Crippen LogP) is 4.20. The van der Waals surface area contributed by atoms with E-state index >= 15 is 0 Å². The van der Waals surface area contributed by atoms with Crippen molar-refractivity contribution in [2.75, 3.05) is 4.72 Å². The molecule has 0 radical (unpaired) electrons. The van der Waals surface area contributed by atoms with Gasteiger partial charge in [-0.3, -0.25) is 9.82 Å². The Morgan fingerprint density at radius 1 is 1.11 bits per heavy atom. The molecule has 0 amide bonds. The molecule has 0 aliphatic rings. The number of halogens is 4. The van der Waals surface area contributed by atoms with Crippen LogP contribution in [0.2, 0.25) is 10.0 Å². The lowest BCUT2D eigenvalue weighted by atomic mass is 10.1. The predicted molar refractivity (Wildman–Crippen MR) is 98.2 cm³/mol. The summed E-state index contributed by atoms with van der Waals surface area (Å²) < 4.78 is 55.6. The van der Waals surface area contributed by atoms with Crippen LogP contribution >= 0.6 is 23.2 Å². The third-order valence-corrected chi connectivity index (χ3v) is 5.43. The Morgan fingerprint density at radius 3 is 2.59 bits per heavy atom. The van der Waals surface area contributed by atoms with Crippen LogP contribution in [0.5, 0.6) is 0 Å². The summed E-state index contributed by atoms with van der Waals surface area (Å²) in [6, 6.07) is 5.67. The number of benzene rings is 2. The number of sulfonamides is 1. The van der Waals surface area contributed by atoms with E-state index in [4.69, 9.17) is 23.2 Å². The molecular weight excluding hydrogens is 419 g/mol. The van der Waals surface area contributed by atoms with E-state index in [0.717, 1.165) is 18.2 Å². The highest BCUT2D eigenvalue weighted by molar-refractivity contribution is 7.92. The van der Waals surface area contributed by atoms with Crippen molar-refractivity contribution in [2.24, 2.45) is 0 Å². The maximum absolute atomic E-state index is 14.6. The number of hydrogen-bond donors (Lipinski definition) is 2. The molecule has 2 aromatic carbocycles. The monoisotopic (exact) mass is 427 g/mol. The van der Waals surface area contributed by atoms with Crippen LogP contribution in [0.3, 0.4) is 0 Å². The van der Waals surface area contributed by atoms with Gasteiger partial charge in [-0.2, -0.15) is 5.10 Å². The van der Waals surface area contributed by atoms with Gasteiger partial charge in [-0.05, 0) is 30.3 Å². The van der Waals surface area contributed by atoms with Gasteiger partial charge in [0.15, 0.2) is 5.82 Å². The van der Waals surface area contributed by atoms with Crippen LogP contribution in [0.25, 0.3) is 0 Å². The van der Waals surface area contributed by atoms with Crippen LogP contribution in [0.4, 0.5) is 14.5 Å². The van der Waals surface area contributed by atoms with E-state index in [1.54, 1.807) is 0 Å². The van der Waals surface area contributed by atoms with Crippen molar-refractivity contribution in [2.45, 2.75) is 4.90 Å². The van der Waals surface area contributed by atoms with Gasteiger partial charge < -0.3 is 0 Å². The lowest BCUT2D eigenvalue weighted by molar-refractivity contribution is 0.578. The van der Waals surface area contributed by atoms with Gasteiger partial charge in [0.2, 0.25) is 0 Å². The van der Waals surface area contributed by atoms with Crippen LogP contribution < -0.4 is 4.72 Å². The van der Waals surface area contributed by atoms with E-state index in [2.05, 4.69) is 22.0 Å². The topological polar surface area (TPSA) is 74.8 Å². The van der Waals surface area contributed by atoms with E-state index in [1.165, 1.54) is 24.5 Å². The molecule has 10 heteroatoms. The number of anilines is 1. The summed E-state index contributed by atoms with van der Waals surface area (Å²) in [5, 5.41) is 6.20. The molecule has 3 rings (SSSR count). The largest absolute Gasteiger partial charge is 0.284 e. The highest BCUT2D eigenvalue weighted by atomic mass is 35.5. The minimum atomic E-state index is -4.27. The minimum absolute atomic E-state index is 0.102. The van der Waals surface area contributed by atoms with Gasteiger partial charge in [0.1, 0.15) is 10.7 Å². The van der Waals surface area contributed by atoms with Gasteiger partial charge in [0.05, 0.1) is 28.0 Å². The first-order valence-electron chi connectivity index (χ1n) is 7.24. The van der Waals surface area contributed by atoms with Crippen molar-refractivity contribution in [3.8, 4) is 11.8 Å². The van der Waals surface area contributed by atoms with Crippen molar-refractivity contribution >= 4 is 38.9 Å². The Bertz CT molecular complexity index is 1170. The lowest BCUT2D eigenvalue weighted by Gasteiger charge is -2.11. The Hall–Kier alpha value is -2.60. The summed E-state index contributed by atoms with van der Waals surface area (Å²) in [5.74, 6) is 2.75. The molecule has 0 bridgehead atoms. The average Bonchev–Trinajstić information content (AvgIpc) is 3.13. The molecule has 0 spiro atoms. The minimum Gasteiger partial charge on any atom is -0.284 e. The van der Waals surface area contributed by atoms with Gasteiger partial charge in [-0.15, -0.1) is 0 Å². The summed E-state index contributed by atoms with van der Waals surface area (Å²) in [6.07, 6.45) is 2.81. The van der Waals surface area contributed by atoms with Crippen LogP contribution in [-0.2, 0) is 10.0 Å². The number of H-pyrrole nitrogens is 1. The molecule has 138 valence electrons. The first-order valence-corrected chi connectivity index (χ1v) is 9.48. The smallest absolute Gasteiger partial charge is 0.263 e. The Balaban J connectivity index is 2.00. The fraction of sp³-hybridized carbons (Fsp3) is 0. The second kappa shape index (κ2) is 7.56. The third-order valence-electron chi connectivity index (χ3n) is 3.35. The molecule has 0 fully saturated rings. The number of nitrogens with zero attached hydrogens (tertiary/aromatic N) is 1. The third kappa shape index (κ3) is 4.22. The average molecular weight is 428 g/mol. The normalized spacial score (nSPS) is 11.0. The second-order valence-electron chi connectivity index (χ2n) is 5.20. The van der Waals surface area contributed by atoms with Crippen molar-refractivity contribution in [1.29, 1.82) is 0 Å². The molecule has 0 aliphatic carbocycles. The molecule has 2 N–H and O–H groups in total. The number of aromatic amines is 1. The van der Waals surface area contributed by atoms with E-state index in [1.807, 2.05) is 4.72 Å². The Labute approximate surface area is 163 Å². The summed E-state index contributed by atoms with van der Waals surface area (Å²) in [4.78, 5) is -0.341. The number of nitrogens with one attached hydrogen (secondary N) is 2. The zero-order valence-electron chi connectivity index (χ0n) is 13.2. The molecule has 0 saturated heterocycles. The number of rotatable bonds is 3. The van der Waals surface area contributed by atoms with Gasteiger partial charge in [-0.1, -0.05) is 35.0 Å². The SMILES string of the molecule is O=S(=O)(Nc1ccc(F)c(C#Cc2cn[nH]c2)c1F)c1cc(Cl)ccc1Cl. The first-order chi connectivity index (χ1) is 12.8. The zero-order valence-corrected chi connectivity index (χ0v) is 15.6. The molecule has 0 saturated carbocycles. The van der Waals surface area contributed by atoms with Crippen LogP contribution in [0, 0.1) is 23.5 Å². The maximum atomic E-state index is 14.6. The van der Waals surface area contributed by atoms with Crippen LogP contribution in [-0.4, -0.2) is 18.6 Å². The Morgan fingerprint density at radius 2 is 1.89 bits per heavy atom. The highest BCUT2D eigenvalue weighted by Crippen LogP contribution is 2.28. The van der Waals surface area contributed by atoms with Crippen molar-refractivity contribution in [3.63, 3.8) is 0 Å². The highest BCUT2D eigenvalue weighted by Gasteiger charge is 2.22. The van der Waals surface area contributed by atoms with E-state index in [0.29, 0.717) is 5.56 Å². The molecule has 1 aromatic heterocycles. The number of aromatic nitrogens is 2. The van der Waals surface area contributed by atoms with E-state index in [9.17, 15) is 17.2 Å². The van der Waals surface area contributed by atoms with Crippen molar-refractivity contribution in [1.82, 2.24) is 10.2 Å². The van der Waals surface area contributed by atoms with Gasteiger partial charge in [0.25, 0.3) is 10.0 Å². The number of hydrogen-bond acceptors (Lipinski definition) is 3. The van der Waals surface area contributed by atoms with Crippen molar-refractivity contribution < 1.29 is 17.2 Å². The second-order valence-corrected chi connectivity index (χ2v) is 7.70. The first kappa shape index (κ1) is 19.2. The Kier molecular flexibility index (Phi) is 5.37. The van der Waals surface area contributed by atoms with Gasteiger partial charge in [0, 0.05) is 11.2 Å². The van der Waals surface area contributed by atoms with E-state index in [-0.39, 0.29) is 14.9 Å². The molecule has 0 aliphatic heterocycles. The molecule has 1 heterocycles. The van der Waals surface area contributed by atoms with Gasteiger partial charge >= 0.3 is 0 Å². The van der Waals surface area contributed by atoms with Crippen molar-refractivity contribution in [3.05, 3.63) is 75.5 Å². The molecule has 5 nitrogen and oxygen atoms in total. The molecule has 27 heavy (non-hydrogen) atoms. The van der Waals surface area contributed by atoms with Gasteiger partial charge in [-0.25, -0.2) is 17.2 Å². The van der Waals surface area contributed by atoms with E-state index < -0.39 is 32.9 Å². The summed E-state index contributed by atoms with van der Waals surface area (Å²) in [6.45, 7) is 0. The summed E-state index contributed by atoms with van der Waals surface area (Å²) in [7, 11) is -4.27. The maximum Gasteiger partial charge on any atom is 0.263 e. The molecule has 0 unspecified atom stereocenters. The fourth-order valence-electron chi connectivity index (χ4n) is 2.08. The zero-order chi connectivity index (χ0) is 19.6. The van der Waals surface area contributed by atoms with Crippen LogP contribution in [0.15, 0.2) is 47.6 Å². The molecule has 0 atom stereocenters. The molecule has 3 aromatic rings. The summed E-state index contributed by atoms with van der Waals surface area (Å²) in [5.41, 5.74) is -0.664.